The van der Waals surface area contributed by atoms with Crippen molar-refractivity contribution < 1.29 is 8.81 Å². The summed E-state index contributed by atoms with van der Waals surface area (Å²) in [6, 6.07) is 4.98. The third kappa shape index (κ3) is 4.67. The lowest BCUT2D eigenvalue weighted by atomic mass is 10.1. The standard InChI is InChI=1S/C17H23FN2O/c1-12-7-8-14(18)13(10-12)15-11-19-16(21-15)6-5-9-20-17(2,3)4/h7-8,10-11,20H,5-6,9H2,1-4H3. The molecule has 0 radical (unpaired) electrons. The van der Waals surface area contributed by atoms with Crippen LogP contribution in [0.1, 0.15) is 38.6 Å². The van der Waals surface area contributed by atoms with Crippen molar-refractivity contribution in [3.8, 4) is 11.3 Å². The maximum Gasteiger partial charge on any atom is 0.194 e. The molecule has 114 valence electrons. The van der Waals surface area contributed by atoms with Crippen LogP contribution in [0.25, 0.3) is 11.3 Å². The van der Waals surface area contributed by atoms with Gasteiger partial charge in [0.15, 0.2) is 11.7 Å². The molecule has 0 saturated heterocycles. The molecule has 0 spiro atoms. The van der Waals surface area contributed by atoms with Crippen LogP contribution in [-0.4, -0.2) is 17.1 Å². The van der Waals surface area contributed by atoms with Gasteiger partial charge in [-0.2, -0.15) is 0 Å². The Bertz CT molecular complexity index is 599. The van der Waals surface area contributed by atoms with Gasteiger partial charge in [0, 0.05) is 12.0 Å². The van der Waals surface area contributed by atoms with Crippen LogP contribution < -0.4 is 5.32 Å². The minimum absolute atomic E-state index is 0.118. The number of oxazole rings is 1. The molecule has 2 rings (SSSR count). The zero-order valence-corrected chi connectivity index (χ0v) is 13.2. The molecule has 0 amide bonds. The number of halogens is 1. The Hall–Kier alpha value is -1.68. The first kappa shape index (κ1) is 15.7. The summed E-state index contributed by atoms with van der Waals surface area (Å²) in [5.41, 5.74) is 1.59. The zero-order chi connectivity index (χ0) is 15.5. The van der Waals surface area contributed by atoms with Crippen LogP contribution in [0.5, 0.6) is 0 Å². The number of nitrogens with zero attached hydrogens (tertiary/aromatic N) is 1. The average Bonchev–Trinajstić information content (AvgIpc) is 2.85. The summed E-state index contributed by atoms with van der Waals surface area (Å²) in [7, 11) is 0. The highest BCUT2D eigenvalue weighted by atomic mass is 19.1. The summed E-state index contributed by atoms with van der Waals surface area (Å²) in [6.45, 7) is 9.24. The summed E-state index contributed by atoms with van der Waals surface area (Å²) in [5, 5.41) is 3.42. The van der Waals surface area contributed by atoms with E-state index in [1.54, 1.807) is 18.3 Å². The lowest BCUT2D eigenvalue weighted by Gasteiger charge is -2.20. The molecule has 0 fully saturated rings. The van der Waals surface area contributed by atoms with E-state index >= 15 is 0 Å². The Morgan fingerprint density at radius 1 is 1.29 bits per heavy atom. The Kier molecular flexibility index (Phi) is 4.78. The van der Waals surface area contributed by atoms with Crippen molar-refractivity contribution in [2.45, 2.75) is 46.1 Å². The summed E-state index contributed by atoms with van der Waals surface area (Å²) >= 11 is 0. The maximum absolute atomic E-state index is 13.8. The van der Waals surface area contributed by atoms with E-state index < -0.39 is 0 Å². The number of aromatic nitrogens is 1. The van der Waals surface area contributed by atoms with Gasteiger partial charge < -0.3 is 9.73 Å². The number of rotatable bonds is 5. The lowest BCUT2D eigenvalue weighted by molar-refractivity contribution is 0.412. The van der Waals surface area contributed by atoms with Crippen LogP contribution in [0.15, 0.2) is 28.8 Å². The maximum atomic E-state index is 13.8. The van der Waals surface area contributed by atoms with E-state index in [4.69, 9.17) is 4.42 Å². The molecule has 4 heteroatoms. The Morgan fingerprint density at radius 2 is 2.05 bits per heavy atom. The van der Waals surface area contributed by atoms with E-state index in [9.17, 15) is 4.39 Å². The van der Waals surface area contributed by atoms with Gasteiger partial charge in [-0.05, 0) is 52.8 Å². The highest BCUT2D eigenvalue weighted by Gasteiger charge is 2.12. The lowest BCUT2D eigenvalue weighted by Crippen LogP contribution is -2.36. The van der Waals surface area contributed by atoms with Crippen LogP contribution in [-0.2, 0) is 6.42 Å². The van der Waals surface area contributed by atoms with Gasteiger partial charge in [-0.3, -0.25) is 0 Å². The topological polar surface area (TPSA) is 38.1 Å². The molecule has 0 unspecified atom stereocenters. The minimum atomic E-state index is -0.280. The largest absolute Gasteiger partial charge is 0.441 e. The number of hydrogen-bond acceptors (Lipinski definition) is 3. The van der Waals surface area contributed by atoms with E-state index in [2.05, 4.69) is 31.1 Å². The van der Waals surface area contributed by atoms with Crippen molar-refractivity contribution in [2.24, 2.45) is 0 Å². The van der Waals surface area contributed by atoms with Gasteiger partial charge in [0.05, 0.1) is 11.8 Å². The fourth-order valence-corrected chi connectivity index (χ4v) is 2.08. The van der Waals surface area contributed by atoms with E-state index in [0.29, 0.717) is 17.2 Å². The fraction of sp³-hybridized carbons (Fsp3) is 0.471. The normalized spacial score (nSPS) is 11.9. The summed E-state index contributed by atoms with van der Waals surface area (Å²) in [5.74, 6) is 0.870. The Labute approximate surface area is 125 Å². The third-order valence-electron chi connectivity index (χ3n) is 3.16. The van der Waals surface area contributed by atoms with Crippen molar-refractivity contribution in [2.75, 3.05) is 6.54 Å². The molecule has 0 saturated carbocycles. The van der Waals surface area contributed by atoms with Crippen LogP contribution in [0.3, 0.4) is 0 Å². The molecule has 0 aliphatic rings. The minimum Gasteiger partial charge on any atom is -0.441 e. The second kappa shape index (κ2) is 6.39. The summed E-state index contributed by atoms with van der Waals surface area (Å²) < 4.78 is 19.5. The second-order valence-corrected chi connectivity index (χ2v) is 6.38. The van der Waals surface area contributed by atoms with E-state index in [1.165, 1.54) is 6.07 Å². The van der Waals surface area contributed by atoms with Gasteiger partial charge in [-0.15, -0.1) is 0 Å². The molecule has 2 aromatic rings. The second-order valence-electron chi connectivity index (χ2n) is 6.38. The van der Waals surface area contributed by atoms with Gasteiger partial charge in [0.1, 0.15) is 5.82 Å². The molecule has 0 aliphatic heterocycles. The van der Waals surface area contributed by atoms with Crippen molar-refractivity contribution in [1.82, 2.24) is 10.3 Å². The predicted octanol–water partition coefficient (Wildman–Crippen LogP) is 4.11. The predicted molar refractivity (Wildman–Crippen MR) is 82.7 cm³/mol. The van der Waals surface area contributed by atoms with Crippen LogP contribution in [0.2, 0.25) is 0 Å². The average molecular weight is 290 g/mol. The molecule has 3 nitrogen and oxygen atoms in total. The number of benzene rings is 1. The molecule has 1 heterocycles. The van der Waals surface area contributed by atoms with Gasteiger partial charge in [0.25, 0.3) is 0 Å². The first-order chi connectivity index (χ1) is 9.85. The Morgan fingerprint density at radius 3 is 2.76 bits per heavy atom. The smallest absolute Gasteiger partial charge is 0.194 e. The van der Waals surface area contributed by atoms with E-state index in [-0.39, 0.29) is 11.4 Å². The van der Waals surface area contributed by atoms with Gasteiger partial charge >= 0.3 is 0 Å². The van der Waals surface area contributed by atoms with Crippen molar-refractivity contribution in [3.63, 3.8) is 0 Å². The van der Waals surface area contributed by atoms with E-state index in [1.807, 2.05) is 6.92 Å². The molecule has 1 aromatic carbocycles. The third-order valence-corrected chi connectivity index (χ3v) is 3.16. The molecule has 1 aromatic heterocycles. The number of hydrogen-bond donors (Lipinski definition) is 1. The molecule has 0 aliphatic carbocycles. The van der Waals surface area contributed by atoms with Crippen LogP contribution >= 0.6 is 0 Å². The number of nitrogens with one attached hydrogen (secondary N) is 1. The summed E-state index contributed by atoms with van der Waals surface area (Å²) in [6.07, 6.45) is 3.29. The Balaban J connectivity index is 1.97. The van der Waals surface area contributed by atoms with Crippen LogP contribution in [0.4, 0.5) is 4.39 Å². The number of aryl methyl sites for hydroxylation is 2. The van der Waals surface area contributed by atoms with Crippen molar-refractivity contribution in [3.05, 3.63) is 41.7 Å². The molecule has 0 atom stereocenters. The highest BCUT2D eigenvalue weighted by Crippen LogP contribution is 2.25. The summed E-state index contributed by atoms with van der Waals surface area (Å²) in [4.78, 5) is 4.24. The molecular weight excluding hydrogens is 267 g/mol. The first-order valence-corrected chi connectivity index (χ1v) is 7.31. The van der Waals surface area contributed by atoms with Crippen molar-refractivity contribution >= 4 is 0 Å². The molecule has 21 heavy (non-hydrogen) atoms. The van der Waals surface area contributed by atoms with Gasteiger partial charge in [-0.1, -0.05) is 11.6 Å². The van der Waals surface area contributed by atoms with Gasteiger partial charge in [0.2, 0.25) is 0 Å². The van der Waals surface area contributed by atoms with E-state index in [0.717, 1.165) is 24.9 Å². The molecule has 1 N–H and O–H groups in total. The van der Waals surface area contributed by atoms with Crippen molar-refractivity contribution in [1.29, 1.82) is 0 Å². The SMILES string of the molecule is Cc1ccc(F)c(-c2cnc(CCCNC(C)(C)C)o2)c1. The van der Waals surface area contributed by atoms with Gasteiger partial charge in [-0.25, -0.2) is 9.37 Å². The molecular formula is C17H23FN2O. The monoisotopic (exact) mass is 290 g/mol. The highest BCUT2D eigenvalue weighted by molar-refractivity contribution is 5.58. The molecule has 0 bridgehead atoms. The zero-order valence-electron chi connectivity index (χ0n) is 13.2. The quantitative estimate of drug-likeness (QED) is 0.842. The first-order valence-electron chi connectivity index (χ1n) is 7.31. The fourth-order valence-electron chi connectivity index (χ4n) is 2.08. The van der Waals surface area contributed by atoms with Crippen LogP contribution in [0, 0.1) is 12.7 Å².